The molecule has 1 aliphatic rings. The van der Waals surface area contributed by atoms with Gasteiger partial charge in [0.05, 0.1) is 16.1 Å². The van der Waals surface area contributed by atoms with Crippen molar-refractivity contribution >= 4 is 23.4 Å². The average molecular weight is 360 g/mol. The van der Waals surface area contributed by atoms with Crippen LogP contribution in [0.15, 0.2) is 81.9 Å². The first kappa shape index (κ1) is 16.5. The van der Waals surface area contributed by atoms with E-state index in [1.54, 1.807) is 30.3 Å². The molecule has 27 heavy (non-hydrogen) atoms. The normalized spacial score (nSPS) is 14.9. The monoisotopic (exact) mass is 360 g/mol. The van der Waals surface area contributed by atoms with Crippen LogP contribution in [0.2, 0.25) is 0 Å². The maximum absolute atomic E-state index is 12.0. The average Bonchev–Trinajstić information content (AvgIpc) is 3.30. The maximum atomic E-state index is 12.0. The summed E-state index contributed by atoms with van der Waals surface area (Å²) < 4.78 is 5.71. The molecule has 0 aliphatic carbocycles. The van der Waals surface area contributed by atoms with E-state index >= 15 is 0 Å². The Morgan fingerprint density at radius 2 is 1.70 bits per heavy atom. The first-order valence-electron chi connectivity index (χ1n) is 8.04. The van der Waals surface area contributed by atoms with Gasteiger partial charge in [-0.1, -0.05) is 47.6 Å². The van der Waals surface area contributed by atoms with Crippen molar-refractivity contribution in [3.8, 4) is 11.3 Å². The summed E-state index contributed by atoms with van der Waals surface area (Å²) in [6.45, 7) is 0. The van der Waals surface area contributed by atoms with Crippen LogP contribution in [0.5, 0.6) is 0 Å². The van der Waals surface area contributed by atoms with E-state index in [0.29, 0.717) is 22.8 Å². The summed E-state index contributed by atoms with van der Waals surface area (Å²) in [5.41, 5.74) is 1.70. The minimum Gasteiger partial charge on any atom is -0.456 e. The lowest BCUT2D eigenvalue weighted by Gasteiger charge is -2.00. The Morgan fingerprint density at radius 1 is 0.963 bits per heavy atom. The number of oxime groups is 1. The number of hydrogen-bond acceptors (Lipinski definition) is 6. The number of hydrogen-bond donors (Lipinski definition) is 0. The molecule has 0 fully saturated rings. The summed E-state index contributed by atoms with van der Waals surface area (Å²) in [6.07, 6.45) is 1.51. The lowest BCUT2D eigenvalue weighted by atomic mass is 10.0. The third-order valence-corrected chi connectivity index (χ3v) is 4.02. The first-order chi connectivity index (χ1) is 13.1. The smallest absolute Gasteiger partial charge is 0.368 e. The number of para-hydroxylation sites is 1. The molecule has 7 heteroatoms. The second kappa shape index (κ2) is 6.72. The van der Waals surface area contributed by atoms with Crippen LogP contribution < -0.4 is 0 Å². The van der Waals surface area contributed by atoms with Gasteiger partial charge in [0.15, 0.2) is 0 Å². The number of carbonyl (C=O) groups is 1. The Morgan fingerprint density at radius 3 is 2.48 bits per heavy atom. The van der Waals surface area contributed by atoms with Crippen molar-refractivity contribution in [1.29, 1.82) is 0 Å². The molecule has 0 atom stereocenters. The summed E-state index contributed by atoms with van der Waals surface area (Å²) in [4.78, 5) is 27.6. The fourth-order valence-corrected chi connectivity index (χ4v) is 2.77. The van der Waals surface area contributed by atoms with Gasteiger partial charge in [0.25, 0.3) is 5.69 Å². The Bertz CT molecular complexity index is 1100. The minimum atomic E-state index is -0.586. The van der Waals surface area contributed by atoms with Gasteiger partial charge in [-0.05, 0) is 24.3 Å². The zero-order valence-corrected chi connectivity index (χ0v) is 13.9. The number of furan rings is 1. The summed E-state index contributed by atoms with van der Waals surface area (Å²) in [5.74, 6) is 0.108. The number of rotatable bonds is 4. The van der Waals surface area contributed by atoms with Crippen LogP contribution in [-0.4, -0.2) is 16.6 Å². The number of nitrogens with zero attached hydrogens (tertiary/aromatic N) is 2. The molecule has 0 unspecified atom stereocenters. The van der Waals surface area contributed by atoms with Gasteiger partial charge >= 0.3 is 5.97 Å². The summed E-state index contributed by atoms with van der Waals surface area (Å²) in [6, 6.07) is 18.7. The van der Waals surface area contributed by atoms with Crippen molar-refractivity contribution in [2.45, 2.75) is 0 Å². The van der Waals surface area contributed by atoms with E-state index in [-0.39, 0.29) is 11.3 Å². The number of nitro benzene ring substituents is 1. The molecule has 0 saturated carbocycles. The molecule has 132 valence electrons. The molecule has 0 bridgehead atoms. The van der Waals surface area contributed by atoms with Crippen LogP contribution in [0.25, 0.3) is 17.4 Å². The Kier molecular flexibility index (Phi) is 4.10. The van der Waals surface area contributed by atoms with Gasteiger partial charge in [-0.25, -0.2) is 4.79 Å². The quantitative estimate of drug-likeness (QED) is 0.301. The molecule has 4 rings (SSSR count). The molecule has 0 N–H and O–H groups in total. The van der Waals surface area contributed by atoms with Gasteiger partial charge in [0.2, 0.25) is 0 Å². The van der Waals surface area contributed by atoms with Gasteiger partial charge in [-0.3, -0.25) is 10.1 Å². The van der Waals surface area contributed by atoms with Gasteiger partial charge in [-0.2, -0.15) is 0 Å². The third kappa shape index (κ3) is 3.13. The highest BCUT2D eigenvalue weighted by atomic mass is 16.7. The highest BCUT2D eigenvalue weighted by Gasteiger charge is 2.27. The fraction of sp³-hybridized carbons (Fsp3) is 0. The third-order valence-electron chi connectivity index (χ3n) is 4.02. The molecule has 2 heterocycles. The summed E-state index contributed by atoms with van der Waals surface area (Å²) >= 11 is 0. The van der Waals surface area contributed by atoms with Gasteiger partial charge in [-0.15, -0.1) is 0 Å². The van der Waals surface area contributed by atoms with Crippen LogP contribution in [-0.2, 0) is 9.63 Å². The van der Waals surface area contributed by atoms with Crippen LogP contribution >= 0.6 is 0 Å². The lowest BCUT2D eigenvalue weighted by molar-refractivity contribution is -0.384. The molecule has 0 radical (unpaired) electrons. The number of carbonyl (C=O) groups excluding carboxylic acids is 1. The van der Waals surface area contributed by atoms with Gasteiger partial charge in [0, 0.05) is 11.6 Å². The maximum Gasteiger partial charge on any atom is 0.368 e. The molecule has 7 nitrogen and oxygen atoms in total. The topological polar surface area (TPSA) is 94.9 Å². The van der Waals surface area contributed by atoms with Crippen molar-refractivity contribution in [2.24, 2.45) is 5.16 Å². The van der Waals surface area contributed by atoms with Crippen LogP contribution in [0.4, 0.5) is 5.69 Å². The predicted octanol–water partition coefficient (Wildman–Crippen LogP) is 4.20. The second-order valence-electron chi connectivity index (χ2n) is 5.72. The van der Waals surface area contributed by atoms with Gasteiger partial charge < -0.3 is 9.25 Å². The molecular formula is C20H12N2O5. The van der Waals surface area contributed by atoms with Crippen molar-refractivity contribution < 1.29 is 19.0 Å². The van der Waals surface area contributed by atoms with Crippen LogP contribution in [0.3, 0.4) is 0 Å². The van der Waals surface area contributed by atoms with Crippen LogP contribution in [0, 0.1) is 10.1 Å². The van der Waals surface area contributed by atoms with Crippen molar-refractivity contribution in [3.63, 3.8) is 0 Å². The molecule has 3 aromatic rings. The largest absolute Gasteiger partial charge is 0.456 e. The zero-order valence-electron chi connectivity index (χ0n) is 13.9. The van der Waals surface area contributed by atoms with Crippen molar-refractivity contribution in [2.75, 3.05) is 0 Å². The summed E-state index contributed by atoms with van der Waals surface area (Å²) in [5, 5.41) is 15.0. The minimum absolute atomic E-state index is 0.0575. The van der Waals surface area contributed by atoms with E-state index in [0.717, 1.165) is 5.56 Å². The second-order valence-corrected chi connectivity index (χ2v) is 5.72. The van der Waals surface area contributed by atoms with E-state index in [9.17, 15) is 14.9 Å². The van der Waals surface area contributed by atoms with Crippen molar-refractivity contribution in [3.05, 3.63) is 93.7 Å². The van der Waals surface area contributed by atoms with Crippen molar-refractivity contribution in [1.82, 2.24) is 0 Å². The van der Waals surface area contributed by atoms with E-state index < -0.39 is 10.9 Å². The Labute approximate surface area is 153 Å². The molecule has 0 spiro atoms. The summed E-state index contributed by atoms with van der Waals surface area (Å²) in [7, 11) is 0. The number of benzene rings is 2. The Balaban J connectivity index is 1.71. The standard InChI is InChI=1S/C20H12N2O5/c23-20-16(19(21-27-20)13-6-2-1-3-7-13)12-14-10-11-18(26-14)15-8-4-5-9-17(15)22(24)25/h1-12H. The molecule has 1 aliphatic heterocycles. The Hall–Kier alpha value is -4.00. The highest BCUT2D eigenvalue weighted by molar-refractivity contribution is 6.31. The SMILES string of the molecule is O=C1ON=C(c2ccccc2)C1=Cc1ccc(-c2ccccc2[N+](=O)[O-])o1. The van der Waals surface area contributed by atoms with E-state index in [1.807, 2.05) is 30.3 Å². The van der Waals surface area contributed by atoms with Gasteiger partial charge in [0.1, 0.15) is 17.2 Å². The zero-order chi connectivity index (χ0) is 18.8. The molecular weight excluding hydrogens is 348 g/mol. The van der Waals surface area contributed by atoms with E-state index in [2.05, 4.69) is 5.16 Å². The lowest BCUT2D eigenvalue weighted by Crippen LogP contribution is -2.06. The highest BCUT2D eigenvalue weighted by Crippen LogP contribution is 2.32. The predicted molar refractivity (Wildman–Crippen MR) is 97.8 cm³/mol. The molecule has 1 aromatic heterocycles. The van der Waals surface area contributed by atoms with Crippen LogP contribution in [0.1, 0.15) is 11.3 Å². The molecule has 0 saturated heterocycles. The number of nitro groups is 1. The van der Waals surface area contributed by atoms with E-state index in [4.69, 9.17) is 9.25 Å². The fourth-order valence-electron chi connectivity index (χ4n) is 2.77. The molecule has 0 amide bonds. The first-order valence-corrected chi connectivity index (χ1v) is 8.04. The molecule has 2 aromatic carbocycles. The van der Waals surface area contributed by atoms with E-state index in [1.165, 1.54) is 12.1 Å².